The van der Waals surface area contributed by atoms with E-state index in [-0.39, 0.29) is 12.4 Å². The van der Waals surface area contributed by atoms with Crippen molar-refractivity contribution in [2.75, 3.05) is 7.11 Å². The Hall–Kier alpha value is -3.35. The predicted molar refractivity (Wildman–Crippen MR) is 110 cm³/mol. The maximum Gasteiger partial charge on any atom is 0.329 e. The van der Waals surface area contributed by atoms with Crippen molar-refractivity contribution >= 4 is 18.0 Å². The number of aliphatic carboxylic acids is 1. The average Bonchev–Trinajstić information content (AvgIpc) is 3.21. The Morgan fingerprint density at radius 1 is 1.17 bits per heavy atom. The standard InChI is InChI=1S/C23H24FNO5/c1-29-20-14-16(7-9-19(20)30-15-17-5-4-6-18(24)13-17)8-10-21(26)25-23(22(27)28)11-2-3-12-23/h4-10,13-14H,2-3,11-12,15H2,1H3,(H,25,26)(H,27,28)/b10-8+. The van der Waals surface area contributed by atoms with E-state index >= 15 is 0 Å². The lowest BCUT2D eigenvalue weighted by atomic mass is 9.98. The van der Waals surface area contributed by atoms with Gasteiger partial charge in [-0.25, -0.2) is 9.18 Å². The van der Waals surface area contributed by atoms with Crippen molar-refractivity contribution in [1.82, 2.24) is 5.32 Å². The number of benzene rings is 2. The van der Waals surface area contributed by atoms with Crippen molar-refractivity contribution in [2.45, 2.75) is 37.8 Å². The molecule has 3 rings (SSSR count). The molecule has 0 spiro atoms. The normalized spacial score (nSPS) is 15.1. The number of carbonyl (C=O) groups is 2. The number of methoxy groups -OCH3 is 1. The average molecular weight is 413 g/mol. The van der Waals surface area contributed by atoms with Gasteiger partial charge in [0.1, 0.15) is 18.0 Å². The molecule has 6 nitrogen and oxygen atoms in total. The third kappa shape index (κ3) is 5.17. The monoisotopic (exact) mass is 413 g/mol. The van der Waals surface area contributed by atoms with Crippen LogP contribution in [0.5, 0.6) is 11.5 Å². The second-order valence-corrected chi connectivity index (χ2v) is 7.25. The van der Waals surface area contributed by atoms with Gasteiger partial charge in [0.05, 0.1) is 7.11 Å². The Morgan fingerprint density at radius 2 is 1.93 bits per heavy atom. The molecule has 0 atom stereocenters. The second kappa shape index (κ2) is 9.43. The Kier molecular flexibility index (Phi) is 6.72. The number of amides is 1. The van der Waals surface area contributed by atoms with Gasteiger partial charge in [-0.1, -0.05) is 31.0 Å². The van der Waals surface area contributed by atoms with E-state index in [1.165, 1.54) is 25.3 Å². The van der Waals surface area contributed by atoms with Crippen LogP contribution < -0.4 is 14.8 Å². The topological polar surface area (TPSA) is 84.9 Å². The lowest BCUT2D eigenvalue weighted by Crippen LogP contribution is -2.52. The molecular weight excluding hydrogens is 389 g/mol. The Labute approximate surface area is 174 Å². The summed E-state index contributed by atoms with van der Waals surface area (Å²) in [5.41, 5.74) is 0.209. The van der Waals surface area contributed by atoms with Crippen LogP contribution in [0.25, 0.3) is 6.08 Å². The fourth-order valence-electron chi connectivity index (χ4n) is 3.52. The summed E-state index contributed by atoms with van der Waals surface area (Å²) >= 11 is 0. The summed E-state index contributed by atoms with van der Waals surface area (Å²) in [5, 5.41) is 12.1. The Bertz CT molecular complexity index is 950. The van der Waals surface area contributed by atoms with E-state index < -0.39 is 17.4 Å². The van der Waals surface area contributed by atoms with Crippen LogP contribution in [-0.2, 0) is 16.2 Å². The van der Waals surface area contributed by atoms with Gasteiger partial charge in [-0.15, -0.1) is 0 Å². The fraction of sp³-hybridized carbons (Fsp3) is 0.304. The van der Waals surface area contributed by atoms with Crippen molar-refractivity contribution < 1.29 is 28.6 Å². The number of carboxylic acid groups (broad SMARTS) is 1. The van der Waals surface area contributed by atoms with Gasteiger partial charge in [0.15, 0.2) is 11.5 Å². The van der Waals surface area contributed by atoms with Gasteiger partial charge in [-0.2, -0.15) is 0 Å². The molecule has 0 radical (unpaired) electrons. The summed E-state index contributed by atoms with van der Waals surface area (Å²) in [4.78, 5) is 23.8. The van der Waals surface area contributed by atoms with Crippen molar-refractivity contribution in [3.05, 3.63) is 65.5 Å². The van der Waals surface area contributed by atoms with Gasteiger partial charge < -0.3 is 19.9 Å². The van der Waals surface area contributed by atoms with E-state index in [4.69, 9.17) is 9.47 Å². The van der Waals surface area contributed by atoms with Gasteiger partial charge in [-0.3, -0.25) is 4.79 Å². The number of hydrogen-bond acceptors (Lipinski definition) is 4. The van der Waals surface area contributed by atoms with E-state index in [1.807, 2.05) is 0 Å². The summed E-state index contributed by atoms with van der Waals surface area (Å²) in [6, 6.07) is 11.3. The van der Waals surface area contributed by atoms with Crippen LogP contribution in [-0.4, -0.2) is 29.6 Å². The predicted octanol–water partition coefficient (Wildman–Crippen LogP) is 3.94. The molecule has 158 valence electrons. The first-order valence-electron chi connectivity index (χ1n) is 9.71. The van der Waals surface area contributed by atoms with Crippen molar-refractivity contribution in [1.29, 1.82) is 0 Å². The summed E-state index contributed by atoms with van der Waals surface area (Å²) < 4.78 is 24.4. The molecule has 7 heteroatoms. The van der Waals surface area contributed by atoms with Crippen LogP contribution in [0.3, 0.4) is 0 Å². The first kappa shape index (κ1) is 21.4. The van der Waals surface area contributed by atoms with Gasteiger partial charge in [0.2, 0.25) is 5.91 Å². The number of carboxylic acids is 1. The molecule has 2 aromatic carbocycles. The first-order chi connectivity index (χ1) is 14.4. The number of halogens is 1. The fourth-order valence-corrected chi connectivity index (χ4v) is 3.52. The van der Waals surface area contributed by atoms with Crippen LogP contribution in [0, 0.1) is 5.82 Å². The van der Waals surface area contributed by atoms with Gasteiger partial charge in [-0.05, 0) is 54.3 Å². The van der Waals surface area contributed by atoms with E-state index in [2.05, 4.69) is 5.32 Å². The molecule has 1 saturated carbocycles. The van der Waals surface area contributed by atoms with Crippen LogP contribution in [0.2, 0.25) is 0 Å². The molecule has 0 aliphatic heterocycles. The highest BCUT2D eigenvalue weighted by atomic mass is 19.1. The largest absolute Gasteiger partial charge is 0.493 e. The van der Waals surface area contributed by atoms with Gasteiger partial charge >= 0.3 is 5.97 Å². The molecule has 0 unspecified atom stereocenters. The summed E-state index contributed by atoms with van der Waals surface area (Å²) in [5.74, 6) is -0.831. The zero-order valence-electron chi connectivity index (χ0n) is 16.7. The lowest BCUT2D eigenvalue weighted by molar-refractivity contribution is -0.146. The molecule has 0 bridgehead atoms. The van der Waals surface area contributed by atoms with E-state index in [0.717, 1.165) is 12.8 Å². The first-order valence-corrected chi connectivity index (χ1v) is 9.71. The zero-order chi connectivity index (χ0) is 21.6. The third-order valence-electron chi connectivity index (χ3n) is 5.13. The molecular formula is C23H24FNO5. The van der Waals surface area contributed by atoms with E-state index in [1.54, 1.807) is 36.4 Å². The summed E-state index contributed by atoms with van der Waals surface area (Å²) in [6.45, 7) is 0.184. The Morgan fingerprint density at radius 3 is 2.60 bits per heavy atom. The maximum absolute atomic E-state index is 13.3. The smallest absolute Gasteiger partial charge is 0.329 e. The van der Waals surface area contributed by atoms with Crippen LogP contribution in [0.1, 0.15) is 36.8 Å². The second-order valence-electron chi connectivity index (χ2n) is 7.25. The Balaban J connectivity index is 1.65. The van der Waals surface area contributed by atoms with Gasteiger partial charge in [0.25, 0.3) is 0 Å². The molecule has 30 heavy (non-hydrogen) atoms. The number of hydrogen-bond donors (Lipinski definition) is 2. The molecule has 1 aliphatic rings. The molecule has 1 amide bonds. The number of ether oxygens (including phenoxy) is 2. The minimum absolute atomic E-state index is 0.184. The molecule has 0 heterocycles. The van der Waals surface area contributed by atoms with Crippen LogP contribution >= 0.6 is 0 Å². The molecule has 1 fully saturated rings. The highest BCUT2D eigenvalue weighted by Gasteiger charge is 2.42. The van der Waals surface area contributed by atoms with E-state index in [0.29, 0.717) is 35.5 Å². The molecule has 1 aliphatic carbocycles. The van der Waals surface area contributed by atoms with Crippen LogP contribution in [0.15, 0.2) is 48.5 Å². The van der Waals surface area contributed by atoms with E-state index in [9.17, 15) is 19.1 Å². The zero-order valence-corrected chi connectivity index (χ0v) is 16.7. The number of nitrogens with one attached hydrogen (secondary N) is 1. The quantitative estimate of drug-likeness (QED) is 0.641. The van der Waals surface area contributed by atoms with Crippen LogP contribution in [0.4, 0.5) is 4.39 Å². The third-order valence-corrected chi connectivity index (χ3v) is 5.13. The van der Waals surface area contributed by atoms with Crippen molar-refractivity contribution in [2.24, 2.45) is 0 Å². The molecule has 2 N–H and O–H groups in total. The minimum Gasteiger partial charge on any atom is -0.493 e. The lowest BCUT2D eigenvalue weighted by Gasteiger charge is -2.24. The highest BCUT2D eigenvalue weighted by Crippen LogP contribution is 2.31. The van der Waals surface area contributed by atoms with Gasteiger partial charge in [0, 0.05) is 6.08 Å². The van der Waals surface area contributed by atoms with Crippen molar-refractivity contribution in [3.8, 4) is 11.5 Å². The molecule has 0 aromatic heterocycles. The highest BCUT2D eigenvalue weighted by molar-refractivity contribution is 5.96. The number of carbonyl (C=O) groups excluding carboxylic acids is 1. The maximum atomic E-state index is 13.3. The molecule has 0 saturated heterocycles. The minimum atomic E-state index is -1.17. The molecule has 2 aromatic rings. The summed E-state index contributed by atoms with van der Waals surface area (Å²) in [7, 11) is 1.50. The number of rotatable bonds is 8. The SMILES string of the molecule is COc1cc(/C=C/C(=O)NC2(C(=O)O)CCCC2)ccc1OCc1cccc(F)c1. The summed E-state index contributed by atoms with van der Waals surface area (Å²) in [6.07, 6.45) is 5.33. The van der Waals surface area contributed by atoms with Crippen molar-refractivity contribution in [3.63, 3.8) is 0 Å².